The summed E-state index contributed by atoms with van der Waals surface area (Å²) >= 11 is 5.99. The van der Waals surface area contributed by atoms with Crippen molar-refractivity contribution in [3.63, 3.8) is 0 Å². The van der Waals surface area contributed by atoms with E-state index in [0.717, 1.165) is 11.3 Å². The van der Waals surface area contributed by atoms with E-state index in [2.05, 4.69) is 11.7 Å². The zero-order valence-corrected chi connectivity index (χ0v) is 15.3. The number of ether oxygens (including phenoxy) is 1. The summed E-state index contributed by atoms with van der Waals surface area (Å²) in [5, 5.41) is 4.91. The van der Waals surface area contributed by atoms with Gasteiger partial charge in [0.15, 0.2) is 5.69 Å². The number of allylic oxidation sites excluding steroid dienone is 1. The van der Waals surface area contributed by atoms with Gasteiger partial charge in [-0.2, -0.15) is 5.10 Å². The normalized spacial score (nSPS) is 13.2. The molecule has 136 valence electrons. The molecule has 7 heteroatoms. The summed E-state index contributed by atoms with van der Waals surface area (Å²) in [6.07, 6.45) is 2.34. The Morgan fingerprint density at radius 2 is 2.23 bits per heavy atom. The van der Waals surface area contributed by atoms with Crippen molar-refractivity contribution >= 4 is 23.5 Å². The average molecular weight is 374 g/mol. The number of hydrogen-bond acceptors (Lipinski definition) is 4. The van der Waals surface area contributed by atoms with Gasteiger partial charge < -0.3 is 9.64 Å². The van der Waals surface area contributed by atoms with Crippen molar-refractivity contribution in [1.29, 1.82) is 0 Å². The minimum Gasteiger partial charge on any atom is -0.461 e. The lowest BCUT2D eigenvalue weighted by Crippen LogP contribution is -2.36. The fourth-order valence-electron chi connectivity index (χ4n) is 3.10. The minimum atomic E-state index is -0.469. The number of carbonyl (C=O) groups excluding carboxylic acids is 2. The van der Waals surface area contributed by atoms with Crippen LogP contribution in [0.4, 0.5) is 0 Å². The van der Waals surface area contributed by atoms with Crippen LogP contribution in [0.3, 0.4) is 0 Å². The van der Waals surface area contributed by atoms with Gasteiger partial charge in [0, 0.05) is 34.8 Å². The van der Waals surface area contributed by atoms with Crippen molar-refractivity contribution in [3.8, 4) is 0 Å². The van der Waals surface area contributed by atoms with Crippen LogP contribution < -0.4 is 0 Å². The number of amides is 1. The average Bonchev–Trinajstić information content (AvgIpc) is 3.00. The number of benzene rings is 1. The molecule has 1 aromatic heterocycles. The van der Waals surface area contributed by atoms with E-state index in [9.17, 15) is 9.59 Å². The lowest BCUT2D eigenvalue weighted by atomic mass is 10.0. The first-order valence-electron chi connectivity index (χ1n) is 8.46. The first kappa shape index (κ1) is 18.2. The Kier molecular flexibility index (Phi) is 5.42. The van der Waals surface area contributed by atoms with Gasteiger partial charge in [-0.25, -0.2) is 4.79 Å². The van der Waals surface area contributed by atoms with E-state index >= 15 is 0 Å². The Bertz CT molecular complexity index is 860. The van der Waals surface area contributed by atoms with E-state index in [0.29, 0.717) is 36.6 Å². The Hall–Kier alpha value is -2.60. The Labute approximate surface area is 157 Å². The van der Waals surface area contributed by atoms with Gasteiger partial charge in [-0.1, -0.05) is 23.7 Å². The van der Waals surface area contributed by atoms with Crippen molar-refractivity contribution < 1.29 is 14.3 Å². The molecule has 0 unspecified atom stereocenters. The van der Waals surface area contributed by atoms with Crippen LogP contribution in [0.1, 0.15) is 39.0 Å². The van der Waals surface area contributed by atoms with Crippen LogP contribution in [0.25, 0.3) is 0 Å². The number of hydrogen-bond donors (Lipinski definition) is 0. The van der Waals surface area contributed by atoms with Crippen molar-refractivity contribution in [2.75, 3.05) is 13.2 Å². The SMILES string of the molecule is C=CCn1nc(C(=O)OCC)c2c1CCN(C(=O)c1cccc(Cl)c1)C2. The van der Waals surface area contributed by atoms with Gasteiger partial charge in [0.1, 0.15) is 0 Å². The molecule has 1 aliphatic heterocycles. The molecular weight excluding hydrogens is 354 g/mol. The van der Waals surface area contributed by atoms with E-state index in [-0.39, 0.29) is 18.2 Å². The Morgan fingerprint density at radius 1 is 1.42 bits per heavy atom. The summed E-state index contributed by atoms with van der Waals surface area (Å²) < 4.78 is 6.88. The zero-order valence-electron chi connectivity index (χ0n) is 14.6. The van der Waals surface area contributed by atoms with Crippen LogP contribution >= 0.6 is 11.6 Å². The van der Waals surface area contributed by atoms with Gasteiger partial charge in [0.2, 0.25) is 0 Å². The molecular formula is C19H20ClN3O3. The number of fused-ring (bicyclic) bond motifs is 1. The smallest absolute Gasteiger partial charge is 0.359 e. The maximum absolute atomic E-state index is 12.8. The molecule has 2 aromatic rings. The van der Waals surface area contributed by atoms with Gasteiger partial charge in [-0.05, 0) is 25.1 Å². The fourth-order valence-corrected chi connectivity index (χ4v) is 3.30. The molecule has 0 aliphatic carbocycles. The largest absolute Gasteiger partial charge is 0.461 e. The number of rotatable bonds is 5. The third-order valence-corrected chi connectivity index (χ3v) is 4.50. The van der Waals surface area contributed by atoms with E-state index in [4.69, 9.17) is 16.3 Å². The van der Waals surface area contributed by atoms with Crippen LogP contribution in [-0.4, -0.2) is 39.7 Å². The summed E-state index contributed by atoms with van der Waals surface area (Å²) in [5.74, 6) is -0.590. The number of nitrogens with zero attached hydrogens (tertiary/aromatic N) is 3. The maximum Gasteiger partial charge on any atom is 0.359 e. The molecule has 0 atom stereocenters. The minimum absolute atomic E-state index is 0.121. The van der Waals surface area contributed by atoms with E-state index in [1.165, 1.54) is 0 Å². The number of halogens is 1. The molecule has 2 heterocycles. The summed E-state index contributed by atoms with van der Waals surface area (Å²) in [6, 6.07) is 6.85. The van der Waals surface area contributed by atoms with E-state index in [1.54, 1.807) is 46.8 Å². The molecule has 6 nitrogen and oxygen atoms in total. The second-order valence-corrected chi connectivity index (χ2v) is 6.39. The van der Waals surface area contributed by atoms with Crippen molar-refractivity contribution in [1.82, 2.24) is 14.7 Å². The topological polar surface area (TPSA) is 64.4 Å². The standard InChI is InChI=1S/C19H20ClN3O3/c1-3-9-23-16-8-10-22(18(24)13-6-5-7-14(20)11-13)12-15(16)17(21-23)19(25)26-4-2/h3,5-7,11H,1,4,8-10,12H2,2H3. The highest BCUT2D eigenvalue weighted by Crippen LogP contribution is 2.25. The maximum atomic E-state index is 12.8. The molecule has 0 N–H and O–H groups in total. The molecule has 0 radical (unpaired) electrons. The fraction of sp³-hybridized carbons (Fsp3) is 0.316. The van der Waals surface area contributed by atoms with Gasteiger partial charge in [-0.3, -0.25) is 9.48 Å². The predicted octanol–water partition coefficient (Wildman–Crippen LogP) is 3.10. The summed E-state index contributed by atoms with van der Waals surface area (Å²) in [7, 11) is 0. The zero-order chi connectivity index (χ0) is 18.7. The lowest BCUT2D eigenvalue weighted by molar-refractivity contribution is 0.0513. The molecule has 1 amide bonds. The molecule has 0 saturated heterocycles. The number of carbonyl (C=O) groups is 2. The van der Waals surface area contributed by atoms with Gasteiger partial charge in [0.25, 0.3) is 5.91 Å². The second-order valence-electron chi connectivity index (χ2n) is 5.95. The first-order valence-corrected chi connectivity index (χ1v) is 8.84. The summed E-state index contributed by atoms with van der Waals surface area (Å²) in [6.45, 7) is 7.11. The van der Waals surface area contributed by atoms with Crippen LogP contribution in [0.2, 0.25) is 5.02 Å². The molecule has 0 fully saturated rings. The first-order chi connectivity index (χ1) is 12.5. The second kappa shape index (κ2) is 7.74. The molecule has 0 saturated carbocycles. The quantitative estimate of drug-likeness (QED) is 0.596. The van der Waals surface area contributed by atoms with Crippen LogP contribution in [0, 0.1) is 0 Å². The molecule has 26 heavy (non-hydrogen) atoms. The molecule has 1 aromatic carbocycles. The Morgan fingerprint density at radius 3 is 2.92 bits per heavy atom. The van der Waals surface area contributed by atoms with Crippen molar-refractivity contribution in [2.24, 2.45) is 0 Å². The number of esters is 1. The van der Waals surface area contributed by atoms with E-state index < -0.39 is 5.97 Å². The molecule has 0 spiro atoms. The summed E-state index contributed by atoms with van der Waals surface area (Å²) in [4.78, 5) is 26.8. The van der Waals surface area contributed by atoms with Gasteiger partial charge in [0.05, 0.1) is 19.7 Å². The summed E-state index contributed by atoms with van der Waals surface area (Å²) in [5.41, 5.74) is 2.49. The highest BCUT2D eigenvalue weighted by Gasteiger charge is 2.30. The third-order valence-electron chi connectivity index (χ3n) is 4.26. The number of aromatic nitrogens is 2. The highest BCUT2D eigenvalue weighted by molar-refractivity contribution is 6.30. The molecule has 1 aliphatic rings. The lowest BCUT2D eigenvalue weighted by Gasteiger charge is -2.28. The van der Waals surface area contributed by atoms with Gasteiger partial charge in [-0.15, -0.1) is 6.58 Å². The monoisotopic (exact) mass is 373 g/mol. The van der Waals surface area contributed by atoms with Crippen LogP contribution in [0.15, 0.2) is 36.9 Å². The van der Waals surface area contributed by atoms with E-state index in [1.807, 2.05) is 0 Å². The van der Waals surface area contributed by atoms with Gasteiger partial charge >= 0.3 is 5.97 Å². The third kappa shape index (κ3) is 3.51. The van der Waals surface area contributed by atoms with Crippen LogP contribution in [0.5, 0.6) is 0 Å². The molecule has 0 bridgehead atoms. The molecule has 3 rings (SSSR count). The van der Waals surface area contributed by atoms with Crippen LogP contribution in [-0.2, 0) is 24.2 Å². The Balaban J connectivity index is 1.92. The van der Waals surface area contributed by atoms with Crippen molar-refractivity contribution in [3.05, 3.63) is 64.5 Å². The van der Waals surface area contributed by atoms with Crippen molar-refractivity contribution in [2.45, 2.75) is 26.4 Å². The highest BCUT2D eigenvalue weighted by atomic mass is 35.5. The predicted molar refractivity (Wildman–Crippen MR) is 98.3 cm³/mol.